The van der Waals surface area contributed by atoms with E-state index >= 15 is 0 Å². The predicted molar refractivity (Wildman–Crippen MR) is 97.4 cm³/mol. The van der Waals surface area contributed by atoms with E-state index in [0.29, 0.717) is 42.4 Å². The second-order valence-electron chi connectivity index (χ2n) is 5.32. The molecule has 8 heteroatoms. The van der Waals surface area contributed by atoms with Crippen LogP contribution in [-0.4, -0.2) is 52.2 Å². The molecule has 0 bridgehead atoms. The van der Waals surface area contributed by atoms with Crippen molar-refractivity contribution in [1.82, 2.24) is 4.90 Å². The molecule has 1 amide bonds. The molecule has 6 nitrogen and oxygen atoms in total. The van der Waals surface area contributed by atoms with Gasteiger partial charge in [-0.25, -0.2) is 8.42 Å². The summed E-state index contributed by atoms with van der Waals surface area (Å²) in [6.07, 6.45) is 1.88. The topological polar surface area (TPSA) is 66.9 Å². The lowest BCUT2D eigenvalue weighted by molar-refractivity contribution is -0.130. The van der Waals surface area contributed by atoms with Gasteiger partial charge < -0.3 is 9.64 Å². The second kappa shape index (κ2) is 9.13. The van der Waals surface area contributed by atoms with Gasteiger partial charge in [-0.2, -0.15) is 0 Å². The molecule has 0 fully saturated rings. The molecule has 136 valence electrons. The van der Waals surface area contributed by atoms with Gasteiger partial charge in [-0.1, -0.05) is 11.6 Å². The van der Waals surface area contributed by atoms with Gasteiger partial charge in [0.05, 0.1) is 24.1 Å². The van der Waals surface area contributed by atoms with E-state index in [-0.39, 0.29) is 12.5 Å². The minimum atomic E-state index is -3.47. The molecule has 0 aliphatic heterocycles. The first-order valence-corrected chi connectivity index (χ1v) is 10.1. The number of rotatable bonds is 9. The third-order valence-electron chi connectivity index (χ3n) is 3.69. The molecule has 0 aromatic heterocycles. The van der Waals surface area contributed by atoms with E-state index in [4.69, 9.17) is 16.3 Å². The summed E-state index contributed by atoms with van der Waals surface area (Å²) >= 11 is 6.08. The molecule has 24 heavy (non-hydrogen) atoms. The standard InChI is InChI=1S/C16H25ClN2O4S/c1-5-18(6-2)16(20)8-7-11-19(24(4,21)22)13-9-10-15(23-3)14(17)12-13/h9-10,12H,5-8,11H2,1-4H3. The average Bonchev–Trinajstić information content (AvgIpc) is 2.51. The van der Waals surface area contributed by atoms with Gasteiger partial charge in [-0.05, 0) is 38.5 Å². The highest BCUT2D eigenvalue weighted by Crippen LogP contribution is 2.30. The number of nitrogens with zero attached hydrogens (tertiary/aromatic N) is 2. The van der Waals surface area contributed by atoms with Gasteiger partial charge in [0.1, 0.15) is 5.75 Å². The largest absolute Gasteiger partial charge is 0.495 e. The van der Waals surface area contributed by atoms with Crippen molar-refractivity contribution in [2.24, 2.45) is 0 Å². The Morgan fingerprint density at radius 3 is 2.33 bits per heavy atom. The highest BCUT2D eigenvalue weighted by atomic mass is 35.5. The van der Waals surface area contributed by atoms with Crippen LogP contribution in [0.2, 0.25) is 5.02 Å². The molecule has 0 aliphatic carbocycles. The molecule has 0 N–H and O–H groups in total. The SMILES string of the molecule is CCN(CC)C(=O)CCCN(c1ccc(OC)c(Cl)c1)S(C)(=O)=O. The second-order valence-corrected chi connectivity index (χ2v) is 7.64. The monoisotopic (exact) mass is 376 g/mol. The van der Waals surface area contributed by atoms with Crippen molar-refractivity contribution < 1.29 is 17.9 Å². The number of amides is 1. The summed E-state index contributed by atoms with van der Waals surface area (Å²) in [5.74, 6) is 0.506. The van der Waals surface area contributed by atoms with Crippen LogP contribution >= 0.6 is 11.6 Å². The van der Waals surface area contributed by atoms with Gasteiger partial charge in [0.15, 0.2) is 0 Å². The maximum Gasteiger partial charge on any atom is 0.232 e. The number of halogens is 1. The Bertz CT molecular complexity index is 660. The molecule has 0 unspecified atom stereocenters. The van der Waals surface area contributed by atoms with Crippen LogP contribution in [0.3, 0.4) is 0 Å². The molecule has 0 aliphatic rings. The Hall–Kier alpha value is -1.47. The van der Waals surface area contributed by atoms with E-state index in [1.807, 2.05) is 13.8 Å². The Morgan fingerprint density at radius 1 is 1.25 bits per heavy atom. The van der Waals surface area contributed by atoms with Crippen molar-refractivity contribution in [1.29, 1.82) is 0 Å². The van der Waals surface area contributed by atoms with Crippen LogP contribution in [-0.2, 0) is 14.8 Å². The quantitative estimate of drug-likeness (QED) is 0.664. The minimum absolute atomic E-state index is 0.0289. The van der Waals surface area contributed by atoms with Crippen molar-refractivity contribution in [2.45, 2.75) is 26.7 Å². The van der Waals surface area contributed by atoms with Crippen molar-refractivity contribution >= 4 is 33.2 Å². The number of sulfonamides is 1. The van der Waals surface area contributed by atoms with E-state index < -0.39 is 10.0 Å². The lowest BCUT2D eigenvalue weighted by atomic mass is 10.2. The lowest BCUT2D eigenvalue weighted by Crippen LogP contribution is -2.33. The third kappa shape index (κ3) is 5.56. The highest BCUT2D eigenvalue weighted by molar-refractivity contribution is 7.92. The van der Waals surface area contributed by atoms with Crippen LogP contribution < -0.4 is 9.04 Å². The lowest BCUT2D eigenvalue weighted by Gasteiger charge is -2.24. The van der Waals surface area contributed by atoms with Gasteiger partial charge in [-0.3, -0.25) is 9.10 Å². The Balaban J connectivity index is 2.85. The summed E-state index contributed by atoms with van der Waals surface area (Å²) < 4.78 is 30.5. The number of methoxy groups -OCH3 is 1. The Kier molecular flexibility index (Phi) is 7.83. The molecular formula is C16H25ClN2O4S. The molecule has 1 aromatic rings. The van der Waals surface area contributed by atoms with Crippen LogP contribution in [0.4, 0.5) is 5.69 Å². The van der Waals surface area contributed by atoms with Crippen molar-refractivity contribution in [3.63, 3.8) is 0 Å². The van der Waals surface area contributed by atoms with Gasteiger partial charge in [0.2, 0.25) is 15.9 Å². The van der Waals surface area contributed by atoms with Gasteiger partial charge in [0.25, 0.3) is 0 Å². The van der Waals surface area contributed by atoms with Crippen LogP contribution in [0.25, 0.3) is 0 Å². The Labute approximate surface area is 149 Å². The predicted octanol–water partition coefficient (Wildman–Crippen LogP) is 2.76. The number of hydrogen-bond donors (Lipinski definition) is 0. The van der Waals surface area contributed by atoms with E-state index in [1.165, 1.54) is 11.4 Å². The number of carbonyl (C=O) groups is 1. The molecule has 0 heterocycles. The summed E-state index contributed by atoms with van der Waals surface area (Å²) in [5.41, 5.74) is 0.457. The number of ether oxygens (including phenoxy) is 1. The van der Waals surface area contributed by atoms with E-state index in [9.17, 15) is 13.2 Å². The number of hydrogen-bond acceptors (Lipinski definition) is 4. The molecular weight excluding hydrogens is 352 g/mol. The zero-order valence-electron chi connectivity index (χ0n) is 14.6. The normalized spacial score (nSPS) is 11.2. The maximum atomic E-state index is 12.1. The fourth-order valence-electron chi connectivity index (χ4n) is 2.41. The van der Waals surface area contributed by atoms with E-state index in [0.717, 1.165) is 6.26 Å². The molecule has 0 saturated carbocycles. The average molecular weight is 377 g/mol. The molecule has 0 saturated heterocycles. The van der Waals surface area contributed by atoms with Gasteiger partial charge in [-0.15, -0.1) is 0 Å². The zero-order chi connectivity index (χ0) is 18.3. The minimum Gasteiger partial charge on any atom is -0.495 e. The van der Waals surface area contributed by atoms with Crippen LogP contribution in [0.15, 0.2) is 18.2 Å². The van der Waals surface area contributed by atoms with Crippen molar-refractivity contribution in [2.75, 3.05) is 37.3 Å². The van der Waals surface area contributed by atoms with Gasteiger partial charge >= 0.3 is 0 Å². The summed E-state index contributed by atoms with van der Waals surface area (Å²) in [6.45, 7) is 5.36. The van der Waals surface area contributed by atoms with Crippen molar-refractivity contribution in [3.8, 4) is 5.75 Å². The maximum absolute atomic E-state index is 12.1. The molecule has 1 aromatic carbocycles. The first kappa shape index (κ1) is 20.6. The fraction of sp³-hybridized carbons (Fsp3) is 0.562. The van der Waals surface area contributed by atoms with E-state index in [1.54, 1.807) is 23.1 Å². The summed E-state index contributed by atoms with van der Waals surface area (Å²) in [4.78, 5) is 13.8. The summed E-state index contributed by atoms with van der Waals surface area (Å²) in [7, 11) is -1.98. The van der Waals surface area contributed by atoms with Crippen LogP contribution in [0.1, 0.15) is 26.7 Å². The number of anilines is 1. The first-order chi connectivity index (χ1) is 11.2. The van der Waals surface area contributed by atoms with Crippen molar-refractivity contribution in [3.05, 3.63) is 23.2 Å². The Morgan fingerprint density at radius 2 is 1.88 bits per heavy atom. The highest BCUT2D eigenvalue weighted by Gasteiger charge is 2.19. The zero-order valence-corrected chi connectivity index (χ0v) is 16.2. The number of benzene rings is 1. The van der Waals surface area contributed by atoms with E-state index in [2.05, 4.69) is 0 Å². The smallest absolute Gasteiger partial charge is 0.232 e. The molecule has 1 rings (SSSR count). The van der Waals surface area contributed by atoms with Crippen LogP contribution in [0.5, 0.6) is 5.75 Å². The molecule has 0 spiro atoms. The summed E-state index contributed by atoms with van der Waals surface area (Å²) in [5, 5.41) is 0.336. The number of carbonyl (C=O) groups excluding carboxylic acids is 1. The fourth-order valence-corrected chi connectivity index (χ4v) is 3.61. The third-order valence-corrected chi connectivity index (χ3v) is 5.18. The van der Waals surface area contributed by atoms with Gasteiger partial charge in [0, 0.05) is 26.1 Å². The van der Waals surface area contributed by atoms with Crippen LogP contribution in [0, 0.1) is 0 Å². The summed E-state index contributed by atoms with van der Waals surface area (Å²) in [6, 6.07) is 4.81. The molecule has 0 radical (unpaired) electrons. The first-order valence-electron chi connectivity index (χ1n) is 7.83. The molecule has 0 atom stereocenters.